The summed E-state index contributed by atoms with van der Waals surface area (Å²) in [6.45, 7) is 0. The zero-order valence-corrected chi connectivity index (χ0v) is 16.4. The number of hydrogen-bond donors (Lipinski definition) is 2. The molecule has 0 spiro atoms. The van der Waals surface area contributed by atoms with E-state index < -0.39 is 28.3 Å². The van der Waals surface area contributed by atoms with E-state index in [2.05, 4.69) is 15.8 Å². The first kappa shape index (κ1) is 21.5. The Labute approximate surface area is 176 Å². The van der Waals surface area contributed by atoms with Crippen LogP contribution in [0.25, 0.3) is 10.6 Å². The van der Waals surface area contributed by atoms with Gasteiger partial charge in [0, 0.05) is 17.0 Å². The van der Waals surface area contributed by atoms with Crippen molar-refractivity contribution in [1.82, 2.24) is 10.4 Å². The number of hydrazine groups is 1. The molecule has 1 aromatic heterocycles. The van der Waals surface area contributed by atoms with Gasteiger partial charge in [0.2, 0.25) is 5.91 Å². The van der Waals surface area contributed by atoms with Gasteiger partial charge in [0.25, 0.3) is 5.69 Å². The van der Waals surface area contributed by atoms with Crippen molar-refractivity contribution >= 4 is 40.2 Å². The van der Waals surface area contributed by atoms with Gasteiger partial charge < -0.3 is 0 Å². The van der Waals surface area contributed by atoms with Crippen molar-refractivity contribution in [3.05, 3.63) is 74.2 Å². The minimum absolute atomic E-state index is 0.150. The maximum Gasteiger partial charge on any atom is 0.416 e. The molecule has 0 saturated heterocycles. The molecule has 156 valence electrons. The molecule has 12 heteroatoms. The molecule has 7 nitrogen and oxygen atoms in total. The molecule has 3 aromatic rings. The molecule has 0 aliphatic carbocycles. The number of halogens is 4. The number of alkyl halides is 3. The number of thiazole rings is 1. The quantitative estimate of drug-likeness (QED) is 0.398. The monoisotopic (exact) mass is 456 g/mol. The fourth-order valence-electron chi connectivity index (χ4n) is 2.46. The highest BCUT2D eigenvalue weighted by molar-refractivity contribution is 7.13. The van der Waals surface area contributed by atoms with E-state index >= 15 is 0 Å². The maximum absolute atomic E-state index is 12.7. The van der Waals surface area contributed by atoms with Crippen molar-refractivity contribution in [2.45, 2.75) is 12.6 Å². The number of carbonyl (C=O) groups excluding carboxylic acids is 1. The zero-order valence-electron chi connectivity index (χ0n) is 14.9. The van der Waals surface area contributed by atoms with E-state index in [0.29, 0.717) is 33.4 Å². The number of nitro groups is 1. The van der Waals surface area contributed by atoms with Gasteiger partial charge in [-0.3, -0.25) is 25.8 Å². The molecule has 0 aliphatic rings. The van der Waals surface area contributed by atoms with Crippen LogP contribution in [0.2, 0.25) is 5.02 Å². The summed E-state index contributed by atoms with van der Waals surface area (Å²) in [6, 6.07) is 9.03. The second kappa shape index (κ2) is 8.67. The van der Waals surface area contributed by atoms with Crippen LogP contribution in [0.15, 0.2) is 47.8 Å². The average molecular weight is 457 g/mol. The van der Waals surface area contributed by atoms with Crippen molar-refractivity contribution < 1.29 is 22.9 Å². The van der Waals surface area contributed by atoms with E-state index in [1.165, 1.54) is 11.3 Å². The van der Waals surface area contributed by atoms with Crippen LogP contribution in [0.5, 0.6) is 0 Å². The average Bonchev–Trinajstić information content (AvgIpc) is 3.13. The summed E-state index contributed by atoms with van der Waals surface area (Å²) < 4.78 is 38.2. The second-order valence-corrected chi connectivity index (χ2v) is 7.23. The molecule has 0 saturated carbocycles. The Morgan fingerprint density at radius 1 is 1.23 bits per heavy atom. The third kappa shape index (κ3) is 5.05. The SMILES string of the molecule is O=C(Cc1csc(-c2ccccc2Cl)n1)NNc1ccc(C(F)(F)F)cc1[N+](=O)[O-]. The number of nitro benzene ring substituents is 1. The summed E-state index contributed by atoms with van der Waals surface area (Å²) in [5.74, 6) is -0.583. The molecule has 3 rings (SSSR count). The van der Waals surface area contributed by atoms with Gasteiger partial charge in [-0.25, -0.2) is 4.98 Å². The molecule has 0 bridgehead atoms. The number of nitrogens with one attached hydrogen (secondary N) is 2. The number of benzene rings is 2. The number of anilines is 1. The van der Waals surface area contributed by atoms with Gasteiger partial charge in [-0.15, -0.1) is 11.3 Å². The lowest BCUT2D eigenvalue weighted by molar-refractivity contribution is -0.384. The Balaban J connectivity index is 1.67. The van der Waals surface area contributed by atoms with Gasteiger partial charge in [-0.2, -0.15) is 13.2 Å². The van der Waals surface area contributed by atoms with Crippen molar-refractivity contribution in [3.8, 4) is 10.6 Å². The normalized spacial score (nSPS) is 11.2. The minimum Gasteiger partial charge on any atom is -0.292 e. The highest BCUT2D eigenvalue weighted by Crippen LogP contribution is 2.35. The molecule has 30 heavy (non-hydrogen) atoms. The maximum atomic E-state index is 12.7. The largest absolute Gasteiger partial charge is 0.416 e. The number of carbonyl (C=O) groups is 1. The van der Waals surface area contributed by atoms with Gasteiger partial charge in [0.15, 0.2) is 0 Å². The number of nitrogens with zero attached hydrogens (tertiary/aromatic N) is 2. The summed E-state index contributed by atoms with van der Waals surface area (Å²) in [5, 5.41) is 13.9. The number of rotatable bonds is 6. The topological polar surface area (TPSA) is 97.2 Å². The summed E-state index contributed by atoms with van der Waals surface area (Å²) in [5.41, 5.74) is 3.40. The van der Waals surface area contributed by atoms with Gasteiger partial charge in [0.05, 0.1) is 27.6 Å². The Morgan fingerprint density at radius 2 is 1.97 bits per heavy atom. The minimum atomic E-state index is -4.73. The standard InChI is InChI=1S/C18H12ClF3N4O3S/c19-13-4-2-1-3-12(13)17-23-11(9-30-17)8-16(27)25-24-14-6-5-10(18(20,21)22)7-15(14)26(28)29/h1-7,9,24H,8H2,(H,25,27). The van der Waals surface area contributed by atoms with Crippen molar-refractivity contribution in [2.24, 2.45) is 0 Å². The van der Waals surface area contributed by atoms with Gasteiger partial charge in [-0.05, 0) is 18.2 Å². The molecule has 0 atom stereocenters. The third-order valence-electron chi connectivity index (χ3n) is 3.86. The zero-order chi connectivity index (χ0) is 21.9. The van der Waals surface area contributed by atoms with Gasteiger partial charge in [-0.1, -0.05) is 29.8 Å². The molecule has 0 aliphatic heterocycles. The second-order valence-electron chi connectivity index (χ2n) is 5.96. The lowest BCUT2D eigenvalue weighted by Crippen LogP contribution is -2.31. The van der Waals surface area contributed by atoms with Crippen LogP contribution in [0.4, 0.5) is 24.5 Å². The first-order chi connectivity index (χ1) is 14.1. The molecular formula is C18H12ClF3N4O3S. The van der Waals surface area contributed by atoms with Crippen LogP contribution in [0.3, 0.4) is 0 Å². The van der Waals surface area contributed by atoms with Crippen LogP contribution in [-0.2, 0) is 17.4 Å². The van der Waals surface area contributed by atoms with Crippen molar-refractivity contribution in [2.75, 3.05) is 5.43 Å². The fourth-order valence-corrected chi connectivity index (χ4v) is 3.60. The lowest BCUT2D eigenvalue weighted by Gasteiger charge is -2.11. The number of amides is 1. The third-order valence-corrected chi connectivity index (χ3v) is 5.11. The highest BCUT2D eigenvalue weighted by Gasteiger charge is 2.33. The fraction of sp³-hybridized carbons (Fsp3) is 0.111. The first-order valence-corrected chi connectivity index (χ1v) is 9.50. The molecule has 0 fully saturated rings. The first-order valence-electron chi connectivity index (χ1n) is 8.25. The van der Waals surface area contributed by atoms with Crippen LogP contribution < -0.4 is 10.9 Å². The Morgan fingerprint density at radius 3 is 2.63 bits per heavy atom. The van der Waals surface area contributed by atoms with Gasteiger partial charge in [0.1, 0.15) is 10.7 Å². The van der Waals surface area contributed by atoms with E-state index in [9.17, 15) is 28.1 Å². The predicted octanol–water partition coefficient (Wildman–Crippen LogP) is 5.08. The Bertz CT molecular complexity index is 1100. The summed E-state index contributed by atoms with van der Waals surface area (Å²) in [7, 11) is 0. The number of hydrogen-bond acceptors (Lipinski definition) is 6. The Kier molecular flexibility index (Phi) is 6.22. The highest BCUT2D eigenvalue weighted by atomic mass is 35.5. The predicted molar refractivity (Wildman–Crippen MR) is 106 cm³/mol. The van der Waals surface area contributed by atoms with Crippen LogP contribution in [0, 0.1) is 10.1 Å². The van der Waals surface area contributed by atoms with E-state index in [-0.39, 0.29) is 12.1 Å². The molecule has 2 aromatic carbocycles. The van der Waals surface area contributed by atoms with Crippen LogP contribution >= 0.6 is 22.9 Å². The van der Waals surface area contributed by atoms with Crippen molar-refractivity contribution in [1.29, 1.82) is 0 Å². The smallest absolute Gasteiger partial charge is 0.292 e. The Hall–Kier alpha value is -3.18. The van der Waals surface area contributed by atoms with Crippen LogP contribution in [-0.4, -0.2) is 15.8 Å². The van der Waals surface area contributed by atoms with E-state index in [1.807, 2.05) is 0 Å². The van der Waals surface area contributed by atoms with Gasteiger partial charge >= 0.3 is 6.18 Å². The summed E-state index contributed by atoms with van der Waals surface area (Å²) >= 11 is 7.41. The van der Waals surface area contributed by atoms with E-state index in [1.54, 1.807) is 29.6 Å². The molecule has 2 N–H and O–H groups in total. The van der Waals surface area contributed by atoms with Crippen molar-refractivity contribution in [3.63, 3.8) is 0 Å². The molecular weight excluding hydrogens is 445 g/mol. The van der Waals surface area contributed by atoms with E-state index in [0.717, 1.165) is 6.07 Å². The summed E-state index contributed by atoms with van der Waals surface area (Å²) in [6.07, 6.45) is -4.88. The number of aromatic nitrogens is 1. The van der Waals surface area contributed by atoms with Crippen LogP contribution in [0.1, 0.15) is 11.3 Å². The molecule has 0 unspecified atom stereocenters. The molecule has 1 heterocycles. The van der Waals surface area contributed by atoms with E-state index in [4.69, 9.17) is 11.6 Å². The molecule has 1 amide bonds. The molecule has 0 radical (unpaired) electrons. The summed E-state index contributed by atoms with van der Waals surface area (Å²) in [4.78, 5) is 26.5. The lowest BCUT2D eigenvalue weighted by atomic mass is 10.1.